The number of hydrogen-bond donors (Lipinski definition) is 3. The Kier molecular flexibility index (Phi) is 7.63. The van der Waals surface area contributed by atoms with Gasteiger partial charge in [0.05, 0.1) is 11.3 Å². The van der Waals surface area contributed by atoms with Crippen molar-refractivity contribution in [2.45, 2.75) is 23.8 Å². The molecule has 0 saturated carbocycles. The van der Waals surface area contributed by atoms with Crippen molar-refractivity contribution in [3.8, 4) is 0 Å². The van der Waals surface area contributed by atoms with Crippen LogP contribution in [-0.2, 0) is 32.5 Å². The molecule has 0 aliphatic rings. The summed E-state index contributed by atoms with van der Waals surface area (Å²) in [5, 5.41) is 12.0. The zero-order valence-electron chi connectivity index (χ0n) is 16.9. The van der Waals surface area contributed by atoms with Gasteiger partial charge in [0.2, 0.25) is 15.9 Å². The van der Waals surface area contributed by atoms with Gasteiger partial charge in [-0.25, -0.2) is 8.42 Å². The highest BCUT2D eigenvalue weighted by Crippen LogP contribution is 2.16. The van der Waals surface area contributed by atoms with E-state index in [2.05, 4.69) is 10.0 Å². The molecule has 0 heterocycles. The van der Waals surface area contributed by atoms with Gasteiger partial charge in [-0.1, -0.05) is 54.1 Å². The number of amides is 1. The van der Waals surface area contributed by atoms with Crippen molar-refractivity contribution in [1.29, 1.82) is 0 Å². The van der Waals surface area contributed by atoms with Crippen molar-refractivity contribution in [1.82, 2.24) is 4.72 Å². The number of carbonyl (C=O) groups excluding carboxylic acids is 1. The minimum absolute atomic E-state index is 0.00853. The van der Waals surface area contributed by atoms with Crippen molar-refractivity contribution in [3.05, 3.63) is 95.0 Å². The summed E-state index contributed by atoms with van der Waals surface area (Å²) in [5.41, 5.74) is 1.79. The molecule has 0 unspecified atom stereocenters. The standard InChI is InChI=1S/C23H21ClN2O5S/c24-18-8-12-20(13-9-18)32(30,31)26-21(14-16-4-2-1-3-5-16)23(29)25-19-10-6-17(7-11-19)15-22(27)28/h1-13,21,26H,14-15H2,(H,25,29)(H,27,28)/t21-/m0/s1. The van der Waals surface area contributed by atoms with E-state index in [0.29, 0.717) is 16.3 Å². The molecule has 0 fully saturated rings. The highest BCUT2D eigenvalue weighted by atomic mass is 35.5. The van der Waals surface area contributed by atoms with Gasteiger partial charge < -0.3 is 10.4 Å². The number of benzene rings is 3. The predicted octanol–water partition coefficient (Wildman–Crippen LogP) is 3.50. The van der Waals surface area contributed by atoms with Gasteiger partial charge in [0, 0.05) is 10.7 Å². The molecule has 166 valence electrons. The lowest BCUT2D eigenvalue weighted by Gasteiger charge is -2.19. The maximum absolute atomic E-state index is 13.0. The smallest absolute Gasteiger partial charge is 0.307 e. The predicted molar refractivity (Wildman–Crippen MR) is 122 cm³/mol. The lowest BCUT2D eigenvalue weighted by atomic mass is 10.1. The summed E-state index contributed by atoms with van der Waals surface area (Å²) in [6.45, 7) is 0. The van der Waals surface area contributed by atoms with Gasteiger partial charge in [0.1, 0.15) is 6.04 Å². The molecule has 0 saturated heterocycles. The van der Waals surface area contributed by atoms with Crippen molar-refractivity contribution >= 4 is 39.2 Å². The van der Waals surface area contributed by atoms with Crippen LogP contribution >= 0.6 is 11.6 Å². The van der Waals surface area contributed by atoms with Crippen molar-refractivity contribution in [2.75, 3.05) is 5.32 Å². The number of anilines is 1. The Bertz CT molecular complexity index is 1180. The number of aliphatic carboxylic acids is 1. The number of carboxylic acids is 1. The fraction of sp³-hybridized carbons (Fsp3) is 0.130. The molecule has 0 aliphatic heterocycles. The van der Waals surface area contributed by atoms with Crippen LogP contribution in [0.2, 0.25) is 5.02 Å². The topological polar surface area (TPSA) is 113 Å². The zero-order valence-corrected chi connectivity index (χ0v) is 18.4. The monoisotopic (exact) mass is 472 g/mol. The number of carbonyl (C=O) groups is 2. The van der Waals surface area contributed by atoms with Crippen LogP contribution in [0.3, 0.4) is 0 Å². The Morgan fingerprint density at radius 3 is 2.09 bits per heavy atom. The number of rotatable bonds is 9. The van der Waals surface area contributed by atoms with Crippen LogP contribution in [0.1, 0.15) is 11.1 Å². The Hall–Kier alpha value is -3.20. The molecule has 1 atom stereocenters. The van der Waals surface area contributed by atoms with Crippen LogP contribution in [0.4, 0.5) is 5.69 Å². The second-order valence-corrected chi connectivity index (χ2v) is 9.22. The van der Waals surface area contributed by atoms with E-state index in [4.69, 9.17) is 16.7 Å². The first-order valence-electron chi connectivity index (χ1n) is 9.66. The van der Waals surface area contributed by atoms with Gasteiger partial charge in [0.25, 0.3) is 0 Å². The normalized spacial score (nSPS) is 12.2. The molecule has 3 aromatic rings. The maximum Gasteiger partial charge on any atom is 0.307 e. The SMILES string of the molecule is O=C(O)Cc1ccc(NC(=O)[C@H](Cc2ccccc2)NS(=O)(=O)c2ccc(Cl)cc2)cc1. The van der Waals surface area contributed by atoms with Gasteiger partial charge in [-0.15, -0.1) is 0 Å². The Morgan fingerprint density at radius 1 is 0.875 bits per heavy atom. The third-order valence-corrected chi connectivity index (χ3v) is 6.34. The number of hydrogen-bond acceptors (Lipinski definition) is 4. The summed E-state index contributed by atoms with van der Waals surface area (Å²) in [5.74, 6) is -1.50. The molecule has 7 nitrogen and oxygen atoms in total. The molecule has 9 heteroatoms. The Morgan fingerprint density at radius 2 is 1.50 bits per heavy atom. The van der Waals surface area contributed by atoms with Crippen LogP contribution in [-0.4, -0.2) is 31.4 Å². The summed E-state index contributed by atoms with van der Waals surface area (Å²) in [6, 6.07) is 19.9. The fourth-order valence-electron chi connectivity index (χ4n) is 3.02. The molecule has 0 aliphatic carbocycles. The van der Waals surface area contributed by atoms with Gasteiger partial charge in [-0.2, -0.15) is 4.72 Å². The van der Waals surface area contributed by atoms with E-state index in [1.165, 1.54) is 24.3 Å². The Balaban J connectivity index is 1.81. The van der Waals surface area contributed by atoms with Crippen molar-refractivity contribution in [3.63, 3.8) is 0 Å². The van der Waals surface area contributed by atoms with E-state index in [9.17, 15) is 18.0 Å². The molecule has 1 amide bonds. The van der Waals surface area contributed by atoms with Crippen molar-refractivity contribution in [2.24, 2.45) is 0 Å². The molecule has 32 heavy (non-hydrogen) atoms. The van der Waals surface area contributed by atoms with Crippen LogP contribution in [0, 0.1) is 0 Å². The van der Waals surface area contributed by atoms with Crippen LogP contribution in [0.25, 0.3) is 0 Å². The largest absolute Gasteiger partial charge is 0.481 e. The third kappa shape index (κ3) is 6.65. The minimum atomic E-state index is -3.99. The highest BCUT2D eigenvalue weighted by molar-refractivity contribution is 7.89. The lowest BCUT2D eigenvalue weighted by molar-refractivity contribution is -0.136. The maximum atomic E-state index is 13.0. The molecule has 0 bridgehead atoms. The van der Waals surface area contributed by atoms with Crippen molar-refractivity contribution < 1.29 is 23.1 Å². The quantitative estimate of drug-likeness (QED) is 0.441. The number of nitrogens with one attached hydrogen (secondary N) is 2. The van der Waals surface area contributed by atoms with Gasteiger partial charge in [-0.3, -0.25) is 9.59 Å². The zero-order chi connectivity index (χ0) is 23.1. The van der Waals surface area contributed by atoms with Crippen LogP contribution < -0.4 is 10.0 Å². The van der Waals surface area contributed by atoms with E-state index >= 15 is 0 Å². The first kappa shape index (κ1) is 23.5. The fourth-order valence-corrected chi connectivity index (χ4v) is 4.34. The van der Waals surface area contributed by atoms with Crippen LogP contribution in [0.5, 0.6) is 0 Å². The summed E-state index contributed by atoms with van der Waals surface area (Å²) in [6.07, 6.45) is 0.00232. The van der Waals surface area contributed by atoms with E-state index in [1.54, 1.807) is 48.5 Å². The first-order valence-corrected chi connectivity index (χ1v) is 11.5. The number of halogens is 1. The number of sulfonamides is 1. The summed E-state index contributed by atoms with van der Waals surface area (Å²) in [7, 11) is -3.99. The molecular weight excluding hydrogens is 452 g/mol. The summed E-state index contributed by atoms with van der Waals surface area (Å²) < 4.78 is 28.2. The Labute approximate surface area is 191 Å². The first-order chi connectivity index (χ1) is 15.2. The molecule has 3 aromatic carbocycles. The van der Waals surface area contributed by atoms with Gasteiger partial charge in [-0.05, 0) is 53.9 Å². The second-order valence-electron chi connectivity index (χ2n) is 7.07. The molecule has 0 aromatic heterocycles. The second kappa shape index (κ2) is 10.4. The van der Waals surface area contributed by atoms with E-state index in [-0.39, 0.29) is 17.7 Å². The molecule has 0 radical (unpaired) electrons. The van der Waals surface area contributed by atoms with Crippen LogP contribution in [0.15, 0.2) is 83.8 Å². The molecule has 0 spiro atoms. The van der Waals surface area contributed by atoms with E-state index in [0.717, 1.165) is 5.56 Å². The molecule has 3 N–H and O–H groups in total. The molecule has 3 rings (SSSR count). The lowest BCUT2D eigenvalue weighted by Crippen LogP contribution is -2.45. The molecular formula is C23H21ClN2O5S. The summed E-state index contributed by atoms with van der Waals surface area (Å²) >= 11 is 5.84. The average molecular weight is 473 g/mol. The van der Waals surface area contributed by atoms with Gasteiger partial charge >= 0.3 is 5.97 Å². The summed E-state index contributed by atoms with van der Waals surface area (Å²) in [4.78, 5) is 23.8. The van der Waals surface area contributed by atoms with Gasteiger partial charge in [0.15, 0.2) is 0 Å². The minimum Gasteiger partial charge on any atom is -0.481 e. The highest BCUT2D eigenvalue weighted by Gasteiger charge is 2.26. The number of carboxylic acid groups (broad SMARTS) is 1. The van der Waals surface area contributed by atoms with E-state index in [1.807, 2.05) is 6.07 Å². The van der Waals surface area contributed by atoms with E-state index < -0.39 is 27.9 Å². The average Bonchev–Trinajstić information content (AvgIpc) is 2.75. The third-order valence-electron chi connectivity index (χ3n) is 4.60.